The van der Waals surface area contributed by atoms with E-state index < -0.39 is 19.3 Å². The van der Waals surface area contributed by atoms with Crippen molar-refractivity contribution in [3.63, 3.8) is 0 Å². The van der Waals surface area contributed by atoms with Gasteiger partial charge in [0.15, 0.2) is 0 Å². The normalized spacial score (nSPS) is 8.44. The van der Waals surface area contributed by atoms with Gasteiger partial charge in [0.2, 0.25) is 0 Å². The zero-order valence-electron chi connectivity index (χ0n) is 13.1. The molecule has 0 aliphatic rings. The van der Waals surface area contributed by atoms with Crippen molar-refractivity contribution in [2.45, 2.75) is 0 Å². The van der Waals surface area contributed by atoms with Crippen LogP contribution in [0.15, 0.2) is 48.5 Å². The Hall–Kier alpha value is -2.48. The Morgan fingerprint density at radius 1 is 0.760 bits per heavy atom. The summed E-state index contributed by atoms with van der Waals surface area (Å²) < 4.78 is 0. The fourth-order valence-corrected chi connectivity index (χ4v) is 1.31. The molecular weight excluding hydrogens is 330 g/mol. The van der Waals surface area contributed by atoms with Crippen molar-refractivity contribution in [1.82, 2.24) is 0 Å². The summed E-state index contributed by atoms with van der Waals surface area (Å²) in [5.74, 6) is -2.62. The molecule has 0 unspecified atom stereocenters. The third-order valence-electron chi connectivity index (χ3n) is 2.27. The molecule has 0 spiro atoms. The summed E-state index contributed by atoms with van der Waals surface area (Å²) in [6.07, 6.45) is 0. The van der Waals surface area contributed by atoms with Crippen molar-refractivity contribution in [1.29, 1.82) is 0 Å². The molecule has 2 rings (SSSR count). The van der Waals surface area contributed by atoms with Gasteiger partial charge in [-0.25, -0.2) is 9.59 Å². The average molecular weight is 344 g/mol. The van der Waals surface area contributed by atoms with Gasteiger partial charge in [0.25, 0.3) is 0 Å². The van der Waals surface area contributed by atoms with E-state index in [1.807, 2.05) is 0 Å². The molecule has 128 valence electrons. The second-order valence-electron chi connectivity index (χ2n) is 3.97. The Bertz CT molecular complexity index is 621. The molecule has 0 radical (unpaired) electrons. The van der Waals surface area contributed by atoms with Gasteiger partial charge in [-0.3, -0.25) is 0 Å². The molecule has 6 N–H and O–H groups in total. The number of para-hydroxylation sites is 2. The largest absolute Gasteiger partial charge is 1.00 e. The Kier molecular flexibility index (Phi) is 12.8. The minimum Gasteiger partial charge on any atom is -0.832 e. The molecule has 0 saturated carbocycles. The van der Waals surface area contributed by atoms with Crippen LogP contribution in [0.1, 0.15) is 20.7 Å². The van der Waals surface area contributed by atoms with Crippen LogP contribution in [0.2, 0.25) is 0 Å². The maximum atomic E-state index is 10.3. The topological polar surface area (TPSA) is 179 Å². The first-order valence-corrected chi connectivity index (χ1v) is 6.21. The fourth-order valence-electron chi connectivity index (χ4n) is 1.31. The minimum atomic E-state index is -2.42. The Morgan fingerprint density at radius 2 is 1.00 bits per heavy atom. The number of hydrogen-bond acceptors (Lipinski definition) is 7. The molecule has 0 atom stereocenters. The molecule has 9 nitrogen and oxygen atoms in total. The number of carboxylic acids is 2. The summed E-state index contributed by atoms with van der Waals surface area (Å²) in [4.78, 5) is 20.5. The summed E-state index contributed by atoms with van der Waals surface area (Å²) in [7, 11) is -2.42. The van der Waals surface area contributed by atoms with E-state index in [0.717, 1.165) is 0 Å². The van der Waals surface area contributed by atoms with Crippen molar-refractivity contribution in [3.8, 4) is 11.5 Å². The standard InChI is InChI=1S/2C7H6O3.BH2O3.Li/c2*8-6-4-2-1-3-5(6)7(9)10;2-1(3)4;/h2*1-4,8H,(H,9,10);2-3H;/q;;-1;+1. The molecule has 0 amide bonds. The molecule has 2 aromatic rings. The molecule has 0 aliphatic carbocycles. The maximum Gasteiger partial charge on any atom is 1.00 e. The molecule has 0 heterocycles. The molecular formula is C14H14BLiO9. The number of hydrogen-bond donors (Lipinski definition) is 6. The van der Waals surface area contributed by atoms with Crippen LogP contribution in [-0.2, 0) is 0 Å². The van der Waals surface area contributed by atoms with Crippen LogP contribution in [0.4, 0.5) is 0 Å². The Labute approximate surface area is 154 Å². The zero-order chi connectivity index (χ0) is 18.7. The number of phenols is 2. The predicted octanol–water partition coefficient (Wildman–Crippen LogP) is -3.50. The molecule has 0 fully saturated rings. The van der Waals surface area contributed by atoms with Gasteiger partial charge >= 0.3 is 38.1 Å². The summed E-state index contributed by atoms with van der Waals surface area (Å²) in [5.41, 5.74) is -0.134. The van der Waals surface area contributed by atoms with Crippen LogP contribution < -0.4 is 23.9 Å². The van der Waals surface area contributed by atoms with E-state index in [1.54, 1.807) is 24.3 Å². The molecule has 25 heavy (non-hydrogen) atoms. The van der Waals surface area contributed by atoms with Crippen LogP contribution in [-0.4, -0.2) is 49.7 Å². The number of aromatic carboxylic acids is 2. The molecule has 0 aromatic heterocycles. The van der Waals surface area contributed by atoms with Crippen LogP contribution in [0.3, 0.4) is 0 Å². The Balaban J connectivity index is 0. The SMILES string of the molecule is O=C(O)c1ccccc1O.O=C(O)c1ccccc1O.[Li+].[O-]B(O)O. The van der Waals surface area contributed by atoms with Crippen molar-refractivity contribution in [2.24, 2.45) is 0 Å². The van der Waals surface area contributed by atoms with Gasteiger partial charge in [0.1, 0.15) is 22.6 Å². The van der Waals surface area contributed by atoms with Gasteiger partial charge < -0.3 is 35.5 Å². The van der Waals surface area contributed by atoms with Gasteiger partial charge in [0.05, 0.1) is 0 Å². The van der Waals surface area contributed by atoms with Gasteiger partial charge in [-0.1, -0.05) is 24.3 Å². The molecule has 2 aromatic carbocycles. The fraction of sp³-hybridized carbons (Fsp3) is 0. The Morgan fingerprint density at radius 3 is 1.16 bits per heavy atom. The molecule has 11 heteroatoms. The van der Waals surface area contributed by atoms with Crippen molar-refractivity contribution in [2.75, 3.05) is 0 Å². The van der Waals surface area contributed by atoms with Crippen LogP contribution >= 0.6 is 0 Å². The number of benzene rings is 2. The van der Waals surface area contributed by atoms with E-state index in [1.165, 1.54) is 24.3 Å². The van der Waals surface area contributed by atoms with E-state index in [-0.39, 0.29) is 41.5 Å². The first-order chi connectivity index (χ1) is 11.2. The van der Waals surface area contributed by atoms with Gasteiger partial charge in [-0.05, 0) is 24.3 Å². The third kappa shape index (κ3) is 10.8. The number of carbonyl (C=O) groups is 2. The van der Waals surface area contributed by atoms with Crippen molar-refractivity contribution < 1.29 is 63.9 Å². The van der Waals surface area contributed by atoms with Crippen molar-refractivity contribution in [3.05, 3.63) is 59.7 Å². The summed E-state index contributed by atoms with van der Waals surface area (Å²) in [5, 5.41) is 57.4. The summed E-state index contributed by atoms with van der Waals surface area (Å²) in [6, 6.07) is 11.6. The van der Waals surface area contributed by atoms with E-state index in [0.29, 0.717) is 0 Å². The van der Waals surface area contributed by atoms with Crippen LogP contribution in [0.5, 0.6) is 11.5 Å². The van der Waals surface area contributed by atoms with Gasteiger partial charge in [0, 0.05) is 0 Å². The number of rotatable bonds is 2. The van der Waals surface area contributed by atoms with Crippen LogP contribution in [0.25, 0.3) is 0 Å². The zero-order valence-corrected chi connectivity index (χ0v) is 13.1. The summed E-state index contributed by atoms with van der Waals surface area (Å²) >= 11 is 0. The van der Waals surface area contributed by atoms with E-state index in [9.17, 15) is 9.59 Å². The smallest absolute Gasteiger partial charge is 0.832 e. The quantitative estimate of drug-likeness (QED) is 0.301. The van der Waals surface area contributed by atoms with Gasteiger partial charge in [-0.2, -0.15) is 0 Å². The minimum absolute atomic E-state index is 0. The molecule has 0 saturated heterocycles. The average Bonchev–Trinajstić information content (AvgIpc) is 2.47. The number of carboxylic acid groups (broad SMARTS) is 2. The maximum absolute atomic E-state index is 10.3. The third-order valence-corrected chi connectivity index (χ3v) is 2.27. The molecule has 0 aliphatic heterocycles. The first-order valence-electron chi connectivity index (χ1n) is 6.21. The second-order valence-corrected chi connectivity index (χ2v) is 3.97. The van der Waals surface area contributed by atoms with Gasteiger partial charge in [-0.15, -0.1) is 0 Å². The van der Waals surface area contributed by atoms with E-state index in [2.05, 4.69) is 0 Å². The van der Waals surface area contributed by atoms with E-state index in [4.69, 9.17) is 35.5 Å². The monoisotopic (exact) mass is 344 g/mol. The predicted molar refractivity (Wildman–Crippen MR) is 80.3 cm³/mol. The second kappa shape index (κ2) is 12.9. The van der Waals surface area contributed by atoms with Crippen LogP contribution in [0, 0.1) is 0 Å². The number of aromatic hydroxyl groups is 2. The summed E-state index contributed by atoms with van der Waals surface area (Å²) in [6.45, 7) is 0. The van der Waals surface area contributed by atoms with Crippen molar-refractivity contribution >= 4 is 19.3 Å². The molecule has 0 bridgehead atoms. The van der Waals surface area contributed by atoms with E-state index >= 15 is 0 Å². The first kappa shape index (κ1) is 24.8.